The van der Waals surface area contributed by atoms with E-state index in [-0.39, 0.29) is 5.54 Å². The third-order valence-corrected chi connectivity index (χ3v) is 4.38. The van der Waals surface area contributed by atoms with Crippen molar-refractivity contribution in [3.63, 3.8) is 0 Å². The second kappa shape index (κ2) is 6.04. The van der Waals surface area contributed by atoms with Gasteiger partial charge in [-0.25, -0.2) is 0 Å². The Morgan fingerprint density at radius 2 is 1.89 bits per heavy atom. The van der Waals surface area contributed by atoms with Crippen molar-refractivity contribution in [1.29, 1.82) is 0 Å². The Kier molecular flexibility index (Phi) is 4.61. The van der Waals surface area contributed by atoms with Crippen LogP contribution in [0.1, 0.15) is 77.4 Å². The lowest BCUT2D eigenvalue weighted by atomic mass is 9.80. The highest BCUT2D eigenvalue weighted by molar-refractivity contribution is 5.03. The number of hydrogen-bond acceptors (Lipinski definition) is 4. The predicted molar refractivity (Wildman–Crippen MR) is 76.0 cm³/mol. The minimum Gasteiger partial charge on any atom is -0.337 e. The minimum absolute atomic E-state index is 0.235. The number of hydrogen-bond donors (Lipinski definition) is 1. The molecule has 0 aromatic carbocycles. The van der Waals surface area contributed by atoms with Crippen molar-refractivity contribution in [2.24, 2.45) is 5.92 Å². The molecule has 1 heterocycles. The summed E-state index contributed by atoms with van der Waals surface area (Å²) in [6, 6.07) is 0. The van der Waals surface area contributed by atoms with Gasteiger partial charge < -0.3 is 9.84 Å². The lowest BCUT2D eigenvalue weighted by Gasteiger charge is -2.25. The molecular formula is C15H27N3O. The molecule has 0 unspecified atom stereocenters. The van der Waals surface area contributed by atoms with E-state index in [0.29, 0.717) is 11.8 Å². The topological polar surface area (TPSA) is 51.0 Å². The van der Waals surface area contributed by atoms with Crippen LogP contribution in [0, 0.1) is 5.92 Å². The van der Waals surface area contributed by atoms with E-state index in [9.17, 15) is 0 Å². The third kappa shape index (κ3) is 3.35. The van der Waals surface area contributed by atoms with E-state index < -0.39 is 0 Å². The Labute approximate surface area is 116 Å². The van der Waals surface area contributed by atoms with Crippen LogP contribution in [0.4, 0.5) is 0 Å². The molecule has 1 fully saturated rings. The van der Waals surface area contributed by atoms with E-state index in [4.69, 9.17) is 4.52 Å². The summed E-state index contributed by atoms with van der Waals surface area (Å²) in [6.45, 7) is 9.44. The van der Waals surface area contributed by atoms with Crippen molar-refractivity contribution >= 4 is 0 Å². The second-order valence-corrected chi connectivity index (χ2v) is 6.24. The quantitative estimate of drug-likeness (QED) is 0.883. The normalized spacial score (nSPS) is 24.6. The summed E-state index contributed by atoms with van der Waals surface area (Å²) in [7, 11) is 0. The molecular weight excluding hydrogens is 238 g/mol. The van der Waals surface area contributed by atoms with Crippen molar-refractivity contribution < 1.29 is 4.52 Å². The van der Waals surface area contributed by atoms with Gasteiger partial charge in [0.15, 0.2) is 5.82 Å². The Balaban J connectivity index is 2.01. The van der Waals surface area contributed by atoms with Gasteiger partial charge in [0, 0.05) is 5.92 Å². The molecule has 0 spiro atoms. The molecule has 19 heavy (non-hydrogen) atoms. The Hall–Kier alpha value is -0.900. The maximum Gasteiger partial charge on any atom is 0.246 e. The molecule has 1 aromatic rings. The highest BCUT2D eigenvalue weighted by Gasteiger charge is 2.30. The molecule has 0 aliphatic heterocycles. The lowest BCUT2D eigenvalue weighted by molar-refractivity contribution is 0.267. The molecule has 108 valence electrons. The maximum atomic E-state index is 5.46. The number of rotatable bonds is 5. The lowest BCUT2D eigenvalue weighted by Crippen LogP contribution is -2.36. The third-order valence-electron chi connectivity index (χ3n) is 4.38. The smallest absolute Gasteiger partial charge is 0.246 e. The Morgan fingerprint density at radius 1 is 1.21 bits per heavy atom. The van der Waals surface area contributed by atoms with Gasteiger partial charge in [-0.05, 0) is 52.0 Å². The van der Waals surface area contributed by atoms with Crippen LogP contribution in [-0.2, 0) is 5.54 Å². The molecule has 1 aliphatic rings. The number of nitrogens with zero attached hydrogens (tertiary/aromatic N) is 2. The summed E-state index contributed by atoms with van der Waals surface area (Å²) >= 11 is 0. The molecule has 0 bridgehead atoms. The van der Waals surface area contributed by atoms with Gasteiger partial charge in [0.25, 0.3) is 0 Å². The highest BCUT2D eigenvalue weighted by atomic mass is 16.5. The molecule has 0 saturated heterocycles. The average Bonchev–Trinajstić information content (AvgIpc) is 2.89. The van der Waals surface area contributed by atoms with Crippen LogP contribution >= 0.6 is 0 Å². The zero-order valence-corrected chi connectivity index (χ0v) is 12.7. The largest absolute Gasteiger partial charge is 0.337 e. The first-order valence-corrected chi connectivity index (χ1v) is 7.66. The molecule has 0 amide bonds. The minimum atomic E-state index is -0.235. The molecule has 0 radical (unpaired) electrons. The van der Waals surface area contributed by atoms with Crippen molar-refractivity contribution in [2.75, 3.05) is 6.54 Å². The predicted octanol–water partition coefficient (Wildman–Crippen LogP) is 3.60. The summed E-state index contributed by atoms with van der Waals surface area (Å²) in [4.78, 5) is 4.63. The van der Waals surface area contributed by atoms with Gasteiger partial charge >= 0.3 is 0 Å². The summed E-state index contributed by atoms with van der Waals surface area (Å²) in [6.07, 6.45) is 6.33. The van der Waals surface area contributed by atoms with Crippen molar-refractivity contribution in [1.82, 2.24) is 15.5 Å². The molecule has 2 rings (SSSR count). The monoisotopic (exact) mass is 265 g/mol. The number of aromatic nitrogens is 2. The first kappa shape index (κ1) is 14.5. The van der Waals surface area contributed by atoms with Crippen molar-refractivity contribution in [3.05, 3.63) is 11.7 Å². The zero-order valence-electron chi connectivity index (χ0n) is 12.7. The van der Waals surface area contributed by atoms with Crippen molar-refractivity contribution in [2.45, 2.75) is 71.3 Å². The van der Waals surface area contributed by atoms with Crippen LogP contribution in [0.2, 0.25) is 0 Å². The number of nitrogens with one attached hydrogen (secondary N) is 1. The van der Waals surface area contributed by atoms with Crippen molar-refractivity contribution in [3.8, 4) is 0 Å². The summed E-state index contributed by atoms with van der Waals surface area (Å²) < 4.78 is 5.46. The van der Waals surface area contributed by atoms with Gasteiger partial charge in [0.2, 0.25) is 5.89 Å². The van der Waals surface area contributed by atoms with Gasteiger partial charge in [-0.1, -0.05) is 25.4 Å². The van der Waals surface area contributed by atoms with Crippen LogP contribution in [-0.4, -0.2) is 16.7 Å². The average molecular weight is 265 g/mol. The molecule has 1 N–H and O–H groups in total. The van der Waals surface area contributed by atoms with Gasteiger partial charge in [0.05, 0.1) is 5.54 Å². The van der Waals surface area contributed by atoms with E-state index >= 15 is 0 Å². The molecule has 1 aliphatic carbocycles. The fourth-order valence-electron chi connectivity index (χ4n) is 3.00. The van der Waals surface area contributed by atoms with Gasteiger partial charge in [0.1, 0.15) is 0 Å². The summed E-state index contributed by atoms with van der Waals surface area (Å²) in [5, 5.41) is 7.59. The van der Waals surface area contributed by atoms with Gasteiger partial charge in [-0.3, -0.25) is 0 Å². The summed E-state index contributed by atoms with van der Waals surface area (Å²) in [5.41, 5.74) is -0.235. The second-order valence-electron chi connectivity index (χ2n) is 6.24. The van der Waals surface area contributed by atoms with Gasteiger partial charge in [-0.15, -0.1) is 0 Å². The highest BCUT2D eigenvalue weighted by Crippen LogP contribution is 2.36. The summed E-state index contributed by atoms with van der Waals surface area (Å²) in [5.74, 6) is 3.02. The fraction of sp³-hybridized carbons (Fsp3) is 0.867. The van der Waals surface area contributed by atoms with Gasteiger partial charge in [-0.2, -0.15) is 4.98 Å². The SMILES string of the molecule is CCNC(C)(C)c1nc(C2CCC(CC)CC2)no1. The molecule has 1 aromatic heterocycles. The van der Waals surface area contributed by atoms with E-state index in [1.807, 2.05) is 0 Å². The van der Waals surface area contributed by atoms with Crippen LogP contribution in [0.15, 0.2) is 4.52 Å². The Morgan fingerprint density at radius 3 is 2.47 bits per heavy atom. The van der Waals surface area contributed by atoms with Crippen LogP contribution < -0.4 is 5.32 Å². The fourth-order valence-corrected chi connectivity index (χ4v) is 3.00. The zero-order chi connectivity index (χ0) is 13.9. The molecule has 4 heteroatoms. The van der Waals surface area contributed by atoms with E-state index in [1.54, 1.807) is 0 Å². The first-order chi connectivity index (χ1) is 9.06. The van der Waals surface area contributed by atoms with E-state index in [2.05, 4.69) is 43.2 Å². The standard InChI is InChI=1S/C15H27N3O/c1-5-11-7-9-12(10-8-11)13-17-14(19-18-13)15(3,4)16-6-2/h11-12,16H,5-10H2,1-4H3. The molecule has 0 atom stereocenters. The maximum absolute atomic E-state index is 5.46. The van der Waals surface area contributed by atoms with E-state index in [0.717, 1.165) is 18.3 Å². The molecule has 4 nitrogen and oxygen atoms in total. The van der Waals surface area contributed by atoms with Crippen LogP contribution in [0.25, 0.3) is 0 Å². The van der Waals surface area contributed by atoms with Crippen LogP contribution in [0.5, 0.6) is 0 Å². The van der Waals surface area contributed by atoms with Crippen LogP contribution in [0.3, 0.4) is 0 Å². The van der Waals surface area contributed by atoms with E-state index in [1.165, 1.54) is 32.1 Å². The Bertz CT molecular complexity index is 392. The first-order valence-electron chi connectivity index (χ1n) is 7.66. The molecule has 1 saturated carbocycles.